The molecule has 112 valence electrons. The van der Waals surface area contributed by atoms with E-state index >= 15 is 0 Å². The van der Waals surface area contributed by atoms with Gasteiger partial charge in [0.25, 0.3) is 0 Å². The Morgan fingerprint density at radius 2 is 1.80 bits per heavy atom. The molecule has 1 N–H and O–H groups in total. The van der Waals surface area contributed by atoms with Crippen LogP contribution in [0.25, 0.3) is 0 Å². The summed E-state index contributed by atoms with van der Waals surface area (Å²) in [6, 6.07) is 6.99. The molecule has 1 aromatic rings. The number of ether oxygens (including phenoxy) is 1. The predicted octanol–water partition coefficient (Wildman–Crippen LogP) is 1.39. The molecule has 1 rings (SSSR count). The van der Waals surface area contributed by atoms with Gasteiger partial charge in [-0.1, -0.05) is 12.1 Å². The number of rotatable bonds is 6. The lowest BCUT2D eigenvalue weighted by atomic mass is 10.1. The molecule has 0 radical (unpaired) electrons. The van der Waals surface area contributed by atoms with Crippen molar-refractivity contribution in [3.05, 3.63) is 35.4 Å². The van der Waals surface area contributed by atoms with Crippen molar-refractivity contribution >= 4 is 15.8 Å². The Hall–Kier alpha value is -1.40. The summed E-state index contributed by atoms with van der Waals surface area (Å²) in [5.74, 6) is -0.372. The van der Waals surface area contributed by atoms with Crippen LogP contribution in [0.1, 0.15) is 29.8 Å². The maximum absolute atomic E-state index is 11.6. The third kappa shape index (κ3) is 4.31. The number of hydrogen-bond acceptors (Lipinski definition) is 5. The van der Waals surface area contributed by atoms with Crippen LogP contribution < -0.4 is 5.32 Å². The smallest absolute Gasteiger partial charge is 0.337 e. The SMILES string of the molecule is COC(=O)c1ccc(CNCC(C)(C)S(C)(=O)=O)cc1. The summed E-state index contributed by atoms with van der Waals surface area (Å²) in [5, 5.41) is 3.12. The lowest BCUT2D eigenvalue weighted by Gasteiger charge is -2.22. The van der Waals surface area contributed by atoms with Gasteiger partial charge in [-0.2, -0.15) is 0 Å². The van der Waals surface area contributed by atoms with E-state index in [4.69, 9.17) is 0 Å². The van der Waals surface area contributed by atoms with Crippen LogP contribution in [0, 0.1) is 0 Å². The first-order valence-corrected chi connectivity index (χ1v) is 8.14. The van der Waals surface area contributed by atoms with E-state index in [2.05, 4.69) is 10.1 Å². The Balaban J connectivity index is 2.57. The van der Waals surface area contributed by atoms with Gasteiger partial charge in [-0.3, -0.25) is 0 Å². The van der Waals surface area contributed by atoms with Crippen LogP contribution in [0.3, 0.4) is 0 Å². The van der Waals surface area contributed by atoms with Crippen LogP contribution in [0.15, 0.2) is 24.3 Å². The van der Waals surface area contributed by atoms with Gasteiger partial charge in [-0.05, 0) is 31.5 Å². The molecule has 0 atom stereocenters. The van der Waals surface area contributed by atoms with Crippen LogP contribution in [0.4, 0.5) is 0 Å². The van der Waals surface area contributed by atoms with Crippen molar-refractivity contribution in [2.75, 3.05) is 19.9 Å². The molecule has 5 nitrogen and oxygen atoms in total. The topological polar surface area (TPSA) is 72.5 Å². The van der Waals surface area contributed by atoms with Crippen molar-refractivity contribution in [2.24, 2.45) is 0 Å². The normalized spacial score (nSPS) is 12.2. The van der Waals surface area contributed by atoms with Crippen molar-refractivity contribution in [3.63, 3.8) is 0 Å². The number of nitrogens with one attached hydrogen (secondary N) is 1. The highest BCUT2D eigenvalue weighted by Gasteiger charge is 2.29. The number of carbonyl (C=O) groups excluding carboxylic acids is 1. The summed E-state index contributed by atoms with van der Waals surface area (Å²) in [5.41, 5.74) is 1.47. The van der Waals surface area contributed by atoms with Crippen LogP contribution in [-0.4, -0.2) is 39.0 Å². The van der Waals surface area contributed by atoms with Crippen LogP contribution in [-0.2, 0) is 21.1 Å². The highest BCUT2D eigenvalue weighted by Crippen LogP contribution is 2.14. The van der Waals surface area contributed by atoms with Crippen LogP contribution in [0.2, 0.25) is 0 Å². The van der Waals surface area contributed by atoms with Crippen molar-refractivity contribution in [1.29, 1.82) is 0 Å². The van der Waals surface area contributed by atoms with E-state index in [1.54, 1.807) is 26.0 Å². The first-order chi connectivity index (χ1) is 9.17. The number of carbonyl (C=O) groups is 1. The molecule has 0 aliphatic rings. The summed E-state index contributed by atoms with van der Waals surface area (Å²) in [7, 11) is -1.76. The van der Waals surface area contributed by atoms with Gasteiger partial charge in [0.1, 0.15) is 0 Å². The number of hydrogen-bond donors (Lipinski definition) is 1. The summed E-state index contributed by atoms with van der Waals surface area (Å²) in [6.45, 7) is 4.29. The zero-order chi connectivity index (χ0) is 15.4. The number of esters is 1. The molecule has 0 saturated heterocycles. The predicted molar refractivity (Wildman–Crippen MR) is 78.4 cm³/mol. The van der Waals surface area contributed by atoms with Gasteiger partial charge in [-0.25, -0.2) is 13.2 Å². The zero-order valence-corrected chi connectivity index (χ0v) is 13.1. The Bertz CT molecular complexity index is 561. The van der Waals surface area contributed by atoms with E-state index in [0.717, 1.165) is 5.56 Å². The molecule has 0 aliphatic heterocycles. The Morgan fingerprint density at radius 3 is 2.25 bits per heavy atom. The van der Waals surface area contributed by atoms with E-state index in [0.29, 0.717) is 18.7 Å². The molecular weight excluding hydrogens is 278 g/mol. The fourth-order valence-corrected chi connectivity index (χ4v) is 1.88. The minimum Gasteiger partial charge on any atom is -0.465 e. The molecule has 1 aromatic carbocycles. The first-order valence-electron chi connectivity index (χ1n) is 6.25. The molecule has 0 fully saturated rings. The number of sulfone groups is 1. The molecular formula is C14H21NO4S. The lowest BCUT2D eigenvalue weighted by molar-refractivity contribution is 0.0600. The van der Waals surface area contributed by atoms with Crippen molar-refractivity contribution in [1.82, 2.24) is 5.32 Å². The standard InChI is InChI=1S/C14H21NO4S/c1-14(2,20(4,17)18)10-15-9-11-5-7-12(8-6-11)13(16)19-3/h5-8,15H,9-10H2,1-4H3. The highest BCUT2D eigenvalue weighted by molar-refractivity contribution is 7.92. The van der Waals surface area contributed by atoms with Gasteiger partial charge in [-0.15, -0.1) is 0 Å². The number of methoxy groups -OCH3 is 1. The molecule has 0 amide bonds. The number of benzene rings is 1. The average molecular weight is 299 g/mol. The molecule has 0 heterocycles. The van der Waals surface area contributed by atoms with Gasteiger partial charge < -0.3 is 10.1 Å². The fourth-order valence-electron chi connectivity index (χ4n) is 1.52. The lowest BCUT2D eigenvalue weighted by Crippen LogP contribution is -2.41. The van der Waals surface area contributed by atoms with E-state index in [-0.39, 0.29) is 5.97 Å². The van der Waals surface area contributed by atoms with E-state index < -0.39 is 14.6 Å². The molecule has 20 heavy (non-hydrogen) atoms. The molecule has 0 bridgehead atoms. The second kappa shape index (κ2) is 6.37. The Morgan fingerprint density at radius 1 is 1.25 bits per heavy atom. The summed E-state index contributed by atoms with van der Waals surface area (Å²) in [4.78, 5) is 11.3. The summed E-state index contributed by atoms with van der Waals surface area (Å²) < 4.78 is 26.9. The van der Waals surface area contributed by atoms with Gasteiger partial charge in [0.05, 0.1) is 17.4 Å². The van der Waals surface area contributed by atoms with Gasteiger partial charge in [0, 0.05) is 19.3 Å². The van der Waals surface area contributed by atoms with Crippen LogP contribution in [0.5, 0.6) is 0 Å². The maximum atomic E-state index is 11.6. The Labute approximate surface area is 120 Å². The van der Waals surface area contributed by atoms with E-state index in [1.165, 1.54) is 13.4 Å². The summed E-state index contributed by atoms with van der Waals surface area (Å²) in [6.07, 6.45) is 1.24. The molecule has 0 saturated carbocycles. The van der Waals surface area contributed by atoms with Crippen LogP contribution >= 0.6 is 0 Å². The third-order valence-electron chi connectivity index (χ3n) is 3.26. The highest BCUT2D eigenvalue weighted by atomic mass is 32.2. The summed E-state index contributed by atoms with van der Waals surface area (Å²) >= 11 is 0. The monoisotopic (exact) mass is 299 g/mol. The average Bonchev–Trinajstić information content (AvgIpc) is 2.37. The van der Waals surface area contributed by atoms with E-state index in [1.807, 2.05) is 12.1 Å². The molecule has 0 unspecified atom stereocenters. The zero-order valence-electron chi connectivity index (χ0n) is 12.3. The van der Waals surface area contributed by atoms with Crippen molar-refractivity contribution in [3.8, 4) is 0 Å². The maximum Gasteiger partial charge on any atom is 0.337 e. The quantitative estimate of drug-likeness (QED) is 0.804. The minimum absolute atomic E-state index is 0.366. The fraction of sp³-hybridized carbons (Fsp3) is 0.500. The first kappa shape index (κ1) is 16.7. The van der Waals surface area contributed by atoms with Gasteiger partial charge in [0.2, 0.25) is 0 Å². The van der Waals surface area contributed by atoms with E-state index in [9.17, 15) is 13.2 Å². The molecule has 0 aromatic heterocycles. The van der Waals surface area contributed by atoms with Gasteiger partial charge in [0.15, 0.2) is 9.84 Å². The molecule has 6 heteroatoms. The van der Waals surface area contributed by atoms with Crippen molar-refractivity contribution in [2.45, 2.75) is 25.1 Å². The van der Waals surface area contributed by atoms with Gasteiger partial charge >= 0.3 is 5.97 Å². The van der Waals surface area contributed by atoms with Crippen molar-refractivity contribution < 1.29 is 17.9 Å². The molecule has 0 aliphatic carbocycles. The third-order valence-corrected chi connectivity index (χ3v) is 5.41. The Kier molecular flexibility index (Phi) is 5.30. The second-order valence-corrected chi connectivity index (χ2v) is 7.97. The second-order valence-electron chi connectivity index (χ2n) is 5.32. The molecule has 0 spiro atoms. The largest absolute Gasteiger partial charge is 0.465 e. The minimum atomic E-state index is -3.10.